The van der Waals surface area contributed by atoms with Crippen LogP contribution in [-0.2, 0) is 6.42 Å². The molecule has 0 saturated heterocycles. The number of aromatic nitrogens is 1. The smallest absolute Gasteiger partial charge is 0.0864 e. The number of nitrogens with two attached hydrogens (primary N) is 1. The summed E-state index contributed by atoms with van der Waals surface area (Å²) in [6.07, 6.45) is 0.893. The molecule has 1 unspecified atom stereocenters. The minimum atomic E-state index is 0.182. The van der Waals surface area contributed by atoms with Crippen molar-refractivity contribution in [3.05, 3.63) is 33.9 Å². The van der Waals surface area contributed by atoms with E-state index in [4.69, 9.17) is 5.73 Å². The highest BCUT2D eigenvalue weighted by atomic mass is 79.9. The van der Waals surface area contributed by atoms with Crippen molar-refractivity contribution in [2.24, 2.45) is 5.73 Å². The molecule has 0 spiro atoms. The topological polar surface area (TPSA) is 41.8 Å². The summed E-state index contributed by atoms with van der Waals surface area (Å²) < 4.78 is 1.06. The van der Waals surface area contributed by atoms with Crippen LogP contribution < -0.4 is 5.73 Å². The Labute approximate surface area is 98.0 Å². The molecule has 80 valence electrons. The third-order valence-corrected chi connectivity index (χ3v) is 3.21. The summed E-state index contributed by atoms with van der Waals surface area (Å²) in [4.78, 5) is 3.33. The van der Waals surface area contributed by atoms with E-state index in [1.807, 2.05) is 6.92 Å². The van der Waals surface area contributed by atoms with Gasteiger partial charge >= 0.3 is 0 Å². The molecule has 1 aromatic heterocycles. The number of nitrogens with one attached hydrogen (secondary N) is 1. The van der Waals surface area contributed by atoms with Crippen molar-refractivity contribution < 1.29 is 0 Å². The molecule has 3 N–H and O–H groups in total. The molecule has 0 amide bonds. The van der Waals surface area contributed by atoms with Crippen LogP contribution in [0.25, 0.3) is 10.9 Å². The molecule has 0 radical (unpaired) electrons. The number of rotatable bonds is 2. The van der Waals surface area contributed by atoms with Crippen molar-refractivity contribution in [3.63, 3.8) is 0 Å². The van der Waals surface area contributed by atoms with E-state index in [1.54, 1.807) is 0 Å². The van der Waals surface area contributed by atoms with Gasteiger partial charge in [-0.05, 0) is 53.4 Å². The zero-order chi connectivity index (χ0) is 11.0. The molecule has 0 aliphatic heterocycles. The average Bonchev–Trinajstić information content (AvgIpc) is 2.41. The Hall–Kier alpha value is -0.800. The van der Waals surface area contributed by atoms with Gasteiger partial charge in [0.2, 0.25) is 0 Å². The Morgan fingerprint density at radius 3 is 2.87 bits per heavy atom. The maximum Gasteiger partial charge on any atom is 0.0864 e. The second kappa shape index (κ2) is 3.99. The molecule has 2 nitrogen and oxygen atoms in total. The zero-order valence-corrected chi connectivity index (χ0v) is 10.6. The molecule has 0 bridgehead atoms. The van der Waals surface area contributed by atoms with E-state index in [1.165, 1.54) is 22.0 Å². The van der Waals surface area contributed by atoms with Gasteiger partial charge < -0.3 is 10.7 Å². The molecule has 15 heavy (non-hydrogen) atoms. The van der Waals surface area contributed by atoms with Crippen molar-refractivity contribution in [3.8, 4) is 0 Å². The quantitative estimate of drug-likeness (QED) is 0.862. The van der Waals surface area contributed by atoms with Crippen LogP contribution in [0.3, 0.4) is 0 Å². The lowest BCUT2D eigenvalue weighted by Gasteiger charge is -2.04. The second-order valence-electron chi connectivity index (χ2n) is 4.15. The molecule has 1 atom stereocenters. The SMILES string of the molecule is Cc1ccc2c(CC(C)N)c(Br)[nH]c2c1. The molecule has 1 aromatic carbocycles. The van der Waals surface area contributed by atoms with Gasteiger partial charge in [0.05, 0.1) is 4.60 Å². The lowest BCUT2D eigenvalue weighted by atomic mass is 10.1. The van der Waals surface area contributed by atoms with Gasteiger partial charge in [-0.2, -0.15) is 0 Å². The Bertz CT molecular complexity index is 486. The summed E-state index contributed by atoms with van der Waals surface area (Å²) in [6, 6.07) is 6.63. The number of hydrogen-bond donors (Lipinski definition) is 2. The molecule has 2 rings (SSSR count). The van der Waals surface area contributed by atoms with Crippen LogP contribution in [-0.4, -0.2) is 11.0 Å². The molecule has 2 aromatic rings. The molecular formula is C12H15BrN2. The van der Waals surface area contributed by atoms with Crippen molar-refractivity contribution in [1.82, 2.24) is 4.98 Å². The van der Waals surface area contributed by atoms with Gasteiger partial charge in [-0.3, -0.25) is 0 Å². The number of H-pyrrole nitrogens is 1. The van der Waals surface area contributed by atoms with Gasteiger partial charge in [0.15, 0.2) is 0 Å². The highest BCUT2D eigenvalue weighted by Crippen LogP contribution is 2.28. The summed E-state index contributed by atoms with van der Waals surface area (Å²) in [5, 5.41) is 1.27. The minimum Gasteiger partial charge on any atom is -0.349 e. The summed E-state index contributed by atoms with van der Waals surface area (Å²) in [5.41, 5.74) is 9.56. The van der Waals surface area contributed by atoms with Gasteiger partial charge in [0, 0.05) is 16.9 Å². The first-order chi connectivity index (χ1) is 7.08. The number of hydrogen-bond acceptors (Lipinski definition) is 1. The summed E-state index contributed by atoms with van der Waals surface area (Å²) >= 11 is 3.55. The first kappa shape index (κ1) is 10.7. The van der Waals surface area contributed by atoms with E-state index < -0.39 is 0 Å². The third-order valence-electron chi connectivity index (χ3n) is 2.54. The van der Waals surface area contributed by atoms with Gasteiger partial charge in [-0.25, -0.2) is 0 Å². The van der Waals surface area contributed by atoms with Crippen LogP contribution in [0.4, 0.5) is 0 Å². The first-order valence-electron chi connectivity index (χ1n) is 5.10. The summed E-state index contributed by atoms with van der Waals surface area (Å²) in [5.74, 6) is 0. The van der Waals surface area contributed by atoms with Crippen molar-refractivity contribution in [2.45, 2.75) is 26.3 Å². The van der Waals surface area contributed by atoms with E-state index in [0.29, 0.717) is 0 Å². The van der Waals surface area contributed by atoms with Crippen LogP contribution in [0.2, 0.25) is 0 Å². The molecule has 0 aliphatic carbocycles. The molecule has 3 heteroatoms. The van der Waals surface area contributed by atoms with Gasteiger partial charge in [0.1, 0.15) is 0 Å². The second-order valence-corrected chi connectivity index (χ2v) is 4.94. The lowest BCUT2D eigenvalue weighted by Crippen LogP contribution is -2.17. The van der Waals surface area contributed by atoms with Crippen LogP contribution in [0.15, 0.2) is 22.8 Å². The zero-order valence-electron chi connectivity index (χ0n) is 8.97. The first-order valence-corrected chi connectivity index (χ1v) is 5.89. The molecule has 0 fully saturated rings. The van der Waals surface area contributed by atoms with Gasteiger partial charge in [-0.15, -0.1) is 0 Å². The van der Waals surface area contributed by atoms with E-state index in [0.717, 1.165) is 11.0 Å². The molecule has 0 aliphatic rings. The average molecular weight is 267 g/mol. The minimum absolute atomic E-state index is 0.182. The van der Waals surface area contributed by atoms with Crippen molar-refractivity contribution in [1.29, 1.82) is 0 Å². The fraction of sp³-hybridized carbons (Fsp3) is 0.333. The maximum absolute atomic E-state index is 5.84. The maximum atomic E-state index is 5.84. The summed E-state index contributed by atoms with van der Waals surface area (Å²) in [7, 11) is 0. The van der Waals surface area contributed by atoms with E-state index in [2.05, 4.69) is 46.0 Å². The van der Waals surface area contributed by atoms with Crippen LogP contribution in [0, 0.1) is 6.92 Å². The normalized spacial score (nSPS) is 13.3. The predicted octanol–water partition coefficient (Wildman–Crippen LogP) is 3.13. The Kier molecular flexibility index (Phi) is 2.85. The van der Waals surface area contributed by atoms with Crippen molar-refractivity contribution >= 4 is 26.8 Å². The fourth-order valence-corrected chi connectivity index (χ4v) is 2.45. The van der Waals surface area contributed by atoms with Crippen LogP contribution in [0.1, 0.15) is 18.1 Å². The van der Waals surface area contributed by atoms with Gasteiger partial charge in [-0.1, -0.05) is 12.1 Å². The Morgan fingerprint density at radius 2 is 2.20 bits per heavy atom. The number of aromatic amines is 1. The lowest BCUT2D eigenvalue weighted by molar-refractivity contribution is 0.739. The monoisotopic (exact) mass is 266 g/mol. The molecular weight excluding hydrogens is 252 g/mol. The van der Waals surface area contributed by atoms with E-state index >= 15 is 0 Å². The van der Waals surface area contributed by atoms with E-state index in [-0.39, 0.29) is 6.04 Å². The fourth-order valence-electron chi connectivity index (χ4n) is 1.86. The predicted molar refractivity (Wildman–Crippen MR) is 68.1 cm³/mol. The number of benzene rings is 1. The summed E-state index contributed by atoms with van der Waals surface area (Å²) in [6.45, 7) is 4.12. The highest BCUT2D eigenvalue weighted by Gasteiger charge is 2.10. The van der Waals surface area contributed by atoms with Gasteiger partial charge in [0.25, 0.3) is 0 Å². The standard InChI is InChI=1S/C12H15BrN2/c1-7-3-4-9-10(6-8(2)14)12(13)15-11(9)5-7/h3-5,8,15H,6,14H2,1-2H3. The van der Waals surface area contributed by atoms with Crippen LogP contribution in [0.5, 0.6) is 0 Å². The number of fused-ring (bicyclic) bond motifs is 1. The third kappa shape index (κ3) is 2.08. The Morgan fingerprint density at radius 1 is 1.47 bits per heavy atom. The molecule has 1 heterocycles. The Balaban J connectivity index is 2.58. The largest absolute Gasteiger partial charge is 0.349 e. The highest BCUT2D eigenvalue weighted by molar-refractivity contribution is 9.10. The molecule has 0 saturated carbocycles. The number of halogens is 1. The van der Waals surface area contributed by atoms with Crippen LogP contribution >= 0.6 is 15.9 Å². The van der Waals surface area contributed by atoms with Crippen molar-refractivity contribution in [2.75, 3.05) is 0 Å². The van der Waals surface area contributed by atoms with E-state index in [9.17, 15) is 0 Å². The number of aryl methyl sites for hydroxylation is 1.